The highest BCUT2D eigenvalue weighted by atomic mass is 19.1. The second kappa shape index (κ2) is 9.36. The summed E-state index contributed by atoms with van der Waals surface area (Å²) in [6, 6.07) is 4.96. The Bertz CT molecular complexity index is 613. The number of likely N-dealkylation sites (N-methyl/N-ethyl adjacent to an activating group) is 1. The molecule has 1 aromatic carbocycles. The van der Waals surface area contributed by atoms with Gasteiger partial charge in [-0.1, -0.05) is 12.1 Å². The number of carbonyl (C=O) groups excluding carboxylic acids is 1. The van der Waals surface area contributed by atoms with Gasteiger partial charge in [-0.15, -0.1) is 0 Å². The molecule has 1 unspecified atom stereocenters. The molecule has 1 aromatic rings. The molecule has 0 saturated carbocycles. The van der Waals surface area contributed by atoms with Crippen LogP contribution in [0.3, 0.4) is 0 Å². The van der Waals surface area contributed by atoms with E-state index in [1.54, 1.807) is 33.2 Å². The van der Waals surface area contributed by atoms with Gasteiger partial charge in [0, 0.05) is 33.2 Å². The van der Waals surface area contributed by atoms with Crippen LogP contribution in [-0.4, -0.2) is 57.2 Å². The zero-order valence-corrected chi connectivity index (χ0v) is 15.1. The summed E-state index contributed by atoms with van der Waals surface area (Å²) in [5, 5.41) is 6.32. The minimum Gasteiger partial charge on any atom is -0.381 e. The van der Waals surface area contributed by atoms with Gasteiger partial charge < -0.3 is 20.3 Å². The number of aliphatic imine (C=N–C) groups is 1. The van der Waals surface area contributed by atoms with Crippen molar-refractivity contribution in [3.63, 3.8) is 0 Å². The van der Waals surface area contributed by atoms with Gasteiger partial charge >= 0.3 is 0 Å². The molecule has 7 heteroatoms. The summed E-state index contributed by atoms with van der Waals surface area (Å²) in [7, 11) is 3.43. The molecule has 0 radical (unpaired) electrons. The SMILES string of the molecule is Cc1cc(CN=C(NCC(=O)N(C)C)NCC2CCOC2)ccc1F. The Balaban J connectivity index is 1.97. The van der Waals surface area contributed by atoms with E-state index in [2.05, 4.69) is 15.6 Å². The standard InChI is InChI=1S/C18H27FN4O2/c1-13-8-14(4-5-16(13)19)9-20-18(22-11-17(24)23(2)3)21-10-15-6-7-25-12-15/h4-5,8,15H,6-7,9-12H2,1-3H3,(H2,20,21,22). The summed E-state index contributed by atoms with van der Waals surface area (Å²) < 4.78 is 18.7. The van der Waals surface area contributed by atoms with Crippen LogP contribution in [0.2, 0.25) is 0 Å². The first-order chi connectivity index (χ1) is 12.0. The summed E-state index contributed by atoms with van der Waals surface area (Å²) >= 11 is 0. The van der Waals surface area contributed by atoms with Crippen LogP contribution >= 0.6 is 0 Å². The highest BCUT2D eigenvalue weighted by molar-refractivity contribution is 5.86. The topological polar surface area (TPSA) is 66.0 Å². The first kappa shape index (κ1) is 19.2. The van der Waals surface area contributed by atoms with Crippen molar-refractivity contribution in [3.05, 3.63) is 35.1 Å². The highest BCUT2D eigenvalue weighted by Crippen LogP contribution is 2.11. The largest absolute Gasteiger partial charge is 0.381 e. The fourth-order valence-electron chi connectivity index (χ4n) is 2.45. The average molecular weight is 350 g/mol. The highest BCUT2D eigenvalue weighted by Gasteiger charge is 2.16. The van der Waals surface area contributed by atoms with Crippen molar-refractivity contribution in [2.45, 2.75) is 19.9 Å². The molecule has 0 aromatic heterocycles. The Labute approximate surface area is 148 Å². The van der Waals surface area contributed by atoms with Crippen LogP contribution in [0.1, 0.15) is 17.5 Å². The Morgan fingerprint density at radius 2 is 2.20 bits per heavy atom. The van der Waals surface area contributed by atoms with Crippen molar-refractivity contribution in [1.82, 2.24) is 15.5 Å². The zero-order chi connectivity index (χ0) is 18.2. The molecule has 6 nitrogen and oxygen atoms in total. The lowest BCUT2D eigenvalue weighted by molar-refractivity contribution is -0.127. The molecule has 1 atom stereocenters. The molecule has 2 N–H and O–H groups in total. The summed E-state index contributed by atoms with van der Waals surface area (Å²) in [4.78, 5) is 17.8. The number of nitrogens with one attached hydrogen (secondary N) is 2. The van der Waals surface area contributed by atoms with Crippen molar-refractivity contribution < 1.29 is 13.9 Å². The van der Waals surface area contributed by atoms with Crippen molar-refractivity contribution >= 4 is 11.9 Å². The van der Waals surface area contributed by atoms with E-state index in [4.69, 9.17) is 4.74 Å². The molecule has 2 rings (SSSR count). The number of rotatable bonds is 6. The van der Waals surface area contributed by atoms with E-state index in [-0.39, 0.29) is 18.3 Å². The second-order valence-corrected chi connectivity index (χ2v) is 6.50. The van der Waals surface area contributed by atoms with Crippen LogP contribution in [0.5, 0.6) is 0 Å². The normalized spacial score (nSPS) is 17.4. The third-order valence-corrected chi connectivity index (χ3v) is 4.13. The number of ether oxygens (including phenoxy) is 1. The summed E-state index contributed by atoms with van der Waals surface area (Å²) in [5.41, 5.74) is 1.52. The molecule has 1 aliphatic rings. The van der Waals surface area contributed by atoms with Crippen LogP contribution in [0.25, 0.3) is 0 Å². The van der Waals surface area contributed by atoms with Crippen LogP contribution in [0.15, 0.2) is 23.2 Å². The van der Waals surface area contributed by atoms with Gasteiger partial charge in [0.25, 0.3) is 0 Å². The molecule has 0 spiro atoms. The number of hydrogen-bond acceptors (Lipinski definition) is 3. The van der Waals surface area contributed by atoms with Crippen LogP contribution < -0.4 is 10.6 Å². The van der Waals surface area contributed by atoms with Crippen LogP contribution in [0, 0.1) is 18.7 Å². The predicted molar refractivity (Wildman–Crippen MR) is 95.9 cm³/mol. The van der Waals surface area contributed by atoms with Gasteiger partial charge in [-0.05, 0) is 30.5 Å². The van der Waals surface area contributed by atoms with Gasteiger partial charge in [0.05, 0.1) is 19.7 Å². The number of halogens is 1. The van der Waals surface area contributed by atoms with Gasteiger partial charge in [-0.3, -0.25) is 4.79 Å². The summed E-state index contributed by atoms with van der Waals surface area (Å²) in [6.07, 6.45) is 1.02. The maximum Gasteiger partial charge on any atom is 0.241 e. The average Bonchev–Trinajstić information content (AvgIpc) is 3.10. The lowest BCUT2D eigenvalue weighted by atomic mass is 10.1. The molecular formula is C18H27FN4O2. The monoisotopic (exact) mass is 350 g/mol. The van der Waals surface area contributed by atoms with E-state index < -0.39 is 0 Å². The summed E-state index contributed by atoms with van der Waals surface area (Å²) in [5.74, 6) is 0.770. The fraction of sp³-hybridized carbons (Fsp3) is 0.556. The smallest absolute Gasteiger partial charge is 0.241 e. The number of guanidine groups is 1. The van der Waals surface area contributed by atoms with Crippen molar-refractivity contribution in [2.75, 3.05) is 40.4 Å². The van der Waals surface area contributed by atoms with E-state index in [0.29, 0.717) is 24.0 Å². The van der Waals surface area contributed by atoms with Crippen molar-refractivity contribution in [3.8, 4) is 0 Å². The van der Waals surface area contributed by atoms with E-state index in [1.807, 2.05) is 0 Å². The first-order valence-corrected chi connectivity index (χ1v) is 8.51. The Hall–Kier alpha value is -2.15. The first-order valence-electron chi connectivity index (χ1n) is 8.51. The third kappa shape index (κ3) is 6.34. The molecule has 1 fully saturated rings. The van der Waals surface area contributed by atoms with Crippen molar-refractivity contribution in [2.24, 2.45) is 10.9 Å². The van der Waals surface area contributed by atoms with Gasteiger partial charge in [0.15, 0.2) is 5.96 Å². The van der Waals surface area contributed by atoms with Gasteiger partial charge in [0.1, 0.15) is 5.82 Å². The Morgan fingerprint density at radius 3 is 2.84 bits per heavy atom. The predicted octanol–water partition coefficient (Wildman–Crippen LogP) is 1.29. The molecule has 1 aliphatic heterocycles. The van der Waals surface area contributed by atoms with E-state index in [0.717, 1.165) is 31.7 Å². The van der Waals surface area contributed by atoms with E-state index >= 15 is 0 Å². The third-order valence-electron chi connectivity index (χ3n) is 4.13. The lowest BCUT2D eigenvalue weighted by Gasteiger charge is -2.16. The van der Waals surface area contributed by atoms with Gasteiger partial charge in [-0.25, -0.2) is 9.38 Å². The second-order valence-electron chi connectivity index (χ2n) is 6.50. The number of benzene rings is 1. The van der Waals surface area contributed by atoms with Crippen LogP contribution in [-0.2, 0) is 16.1 Å². The molecule has 0 bridgehead atoms. The molecule has 0 aliphatic carbocycles. The molecule has 1 heterocycles. The van der Waals surface area contributed by atoms with Gasteiger partial charge in [-0.2, -0.15) is 0 Å². The Kier molecular flexibility index (Phi) is 7.18. The Morgan fingerprint density at radius 1 is 1.40 bits per heavy atom. The van der Waals surface area contributed by atoms with E-state index in [9.17, 15) is 9.18 Å². The van der Waals surface area contributed by atoms with Crippen molar-refractivity contribution in [1.29, 1.82) is 0 Å². The molecule has 1 saturated heterocycles. The number of carbonyl (C=O) groups is 1. The number of nitrogens with zero attached hydrogens (tertiary/aromatic N) is 2. The number of hydrogen-bond donors (Lipinski definition) is 2. The van der Waals surface area contributed by atoms with Crippen LogP contribution in [0.4, 0.5) is 4.39 Å². The number of aryl methyl sites for hydroxylation is 1. The maximum atomic E-state index is 13.4. The molecule has 25 heavy (non-hydrogen) atoms. The number of amides is 1. The molecule has 138 valence electrons. The molecular weight excluding hydrogens is 323 g/mol. The fourth-order valence-corrected chi connectivity index (χ4v) is 2.45. The minimum atomic E-state index is -0.220. The van der Waals surface area contributed by atoms with Gasteiger partial charge in [0.2, 0.25) is 5.91 Å². The maximum absolute atomic E-state index is 13.4. The zero-order valence-electron chi connectivity index (χ0n) is 15.1. The van der Waals surface area contributed by atoms with E-state index in [1.165, 1.54) is 11.0 Å². The minimum absolute atomic E-state index is 0.0312. The quantitative estimate of drug-likeness (QED) is 0.599. The summed E-state index contributed by atoms with van der Waals surface area (Å²) in [6.45, 7) is 4.59. The lowest BCUT2D eigenvalue weighted by Crippen LogP contribution is -2.44. The molecule has 1 amide bonds.